The van der Waals surface area contributed by atoms with Gasteiger partial charge in [-0.15, -0.1) is 0 Å². The summed E-state index contributed by atoms with van der Waals surface area (Å²) in [6.45, 7) is 7.63. The molecule has 0 saturated carbocycles. The molecule has 8 nitrogen and oxygen atoms in total. The monoisotopic (exact) mass is 522 g/mol. The first-order valence-corrected chi connectivity index (χ1v) is 12.8. The van der Waals surface area contributed by atoms with E-state index in [1.807, 2.05) is 38.1 Å². The summed E-state index contributed by atoms with van der Waals surface area (Å²) in [6, 6.07) is 12.1. The molecule has 1 atom stereocenters. The summed E-state index contributed by atoms with van der Waals surface area (Å²) >= 11 is 1.25. The van der Waals surface area contributed by atoms with E-state index in [0.717, 1.165) is 5.56 Å². The number of fused-ring (bicyclic) bond motifs is 1. The van der Waals surface area contributed by atoms with Crippen molar-refractivity contribution in [3.8, 4) is 17.2 Å². The third kappa shape index (κ3) is 5.32. The highest BCUT2D eigenvalue weighted by Gasteiger charge is 2.33. The fraction of sp³-hybridized carbons (Fsp3) is 0.321. The number of thiazole rings is 1. The molecule has 3 aromatic rings. The molecule has 2 aromatic carbocycles. The van der Waals surface area contributed by atoms with Gasteiger partial charge in [-0.2, -0.15) is 0 Å². The number of aromatic nitrogens is 1. The minimum atomic E-state index is -0.697. The number of benzene rings is 2. The average Bonchev–Trinajstić information content (AvgIpc) is 3.17. The summed E-state index contributed by atoms with van der Waals surface area (Å²) in [5.74, 6) is 1.45. The molecule has 0 aliphatic carbocycles. The lowest BCUT2D eigenvalue weighted by Gasteiger charge is -2.25. The lowest BCUT2D eigenvalue weighted by Crippen LogP contribution is -2.39. The molecule has 37 heavy (non-hydrogen) atoms. The van der Waals surface area contributed by atoms with E-state index in [2.05, 4.69) is 4.99 Å². The van der Waals surface area contributed by atoms with Crippen LogP contribution in [-0.2, 0) is 9.53 Å². The molecule has 0 radical (unpaired) electrons. The summed E-state index contributed by atoms with van der Waals surface area (Å²) in [7, 11) is 3.15. The Bertz CT molecular complexity index is 1520. The lowest BCUT2D eigenvalue weighted by molar-refractivity contribution is -0.139. The summed E-state index contributed by atoms with van der Waals surface area (Å²) < 4.78 is 24.0. The van der Waals surface area contributed by atoms with Gasteiger partial charge in [0.05, 0.1) is 48.8 Å². The van der Waals surface area contributed by atoms with Crippen molar-refractivity contribution in [3.63, 3.8) is 0 Å². The summed E-state index contributed by atoms with van der Waals surface area (Å²) in [6.07, 6.45) is 1.78. The number of rotatable bonds is 8. The first-order valence-electron chi connectivity index (χ1n) is 12.0. The SMILES string of the molecule is CCOC(=O)C1=C(C)N=c2s/c(=C\c3cc(OC)ccc3OC)c(=O)n2C1c1ccc(OC(C)C)cc1. The molecule has 9 heteroatoms. The van der Waals surface area contributed by atoms with Gasteiger partial charge in [0.15, 0.2) is 4.80 Å². The highest BCUT2D eigenvalue weighted by atomic mass is 32.1. The molecular weight excluding hydrogens is 492 g/mol. The quantitative estimate of drug-likeness (QED) is 0.420. The number of hydrogen-bond acceptors (Lipinski definition) is 8. The van der Waals surface area contributed by atoms with Gasteiger partial charge in [-0.05, 0) is 69.7 Å². The topological polar surface area (TPSA) is 88.4 Å². The Balaban J connectivity index is 1.92. The zero-order valence-electron chi connectivity index (χ0n) is 21.7. The van der Waals surface area contributed by atoms with Crippen LogP contribution >= 0.6 is 11.3 Å². The Hall–Kier alpha value is -3.85. The van der Waals surface area contributed by atoms with Crippen LogP contribution < -0.4 is 29.1 Å². The second-order valence-corrected chi connectivity index (χ2v) is 9.65. The van der Waals surface area contributed by atoms with Crippen LogP contribution in [0.3, 0.4) is 0 Å². The van der Waals surface area contributed by atoms with Crippen molar-refractivity contribution in [2.45, 2.75) is 39.8 Å². The van der Waals surface area contributed by atoms with Gasteiger partial charge in [0.2, 0.25) is 0 Å². The van der Waals surface area contributed by atoms with Crippen molar-refractivity contribution in [2.24, 2.45) is 4.99 Å². The van der Waals surface area contributed by atoms with Crippen LogP contribution in [0.25, 0.3) is 6.08 Å². The van der Waals surface area contributed by atoms with Crippen molar-refractivity contribution in [2.75, 3.05) is 20.8 Å². The van der Waals surface area contributed by atoms with Crippen molar-refractivity contribution < 1.29 is 23.7 Å². The Labute approximate surface area is 219 Å². The van der Waals surface area contributed by atoms with Gasteiger partial charge in [0.1, 0.15) is 17.2 Å². The van der Waals surface area contributed by atoms with Gasteiger partial charge in [0, 0.05) is 5.56 Å². The van der Waals surface area contributed by atoms with E-state index >= 15 is 0 Å². The van der Waals surface area contributed by atoms with Gasteiger partial charge in [-0.3, -0.25) is 9.36 Å². The maximum Gasteiger partial charge on any atom is 0.338 e. The van der Waals surface area contributed by atoms with Crippen LogP contribution in [0, 0.1) is 0 Å². The van der Waals surface area contributed by atoms with Crippen molar-refractivity contribution in [1.82, 2.24) is 4.57 Å². The van der Waals surface area contributed by atoms with Crippen LogP contribution in [0.4, 0.5) is 0 Å². The first-order chi connectivity index (χ1) is 17.8. The summed E-state index contributed by atoms with van der Waals surface area (Å²) in [4.78, 5) is 32.0. The minimum Gasteiger partial charge on any atom is -0.497 e. The molecule has 1 aliphatic rings. The maximum atomic E-state index is 13.8. The fourth-order valence-electron chi connectivity index (χ4n) is 4.20. The van der Waals surface area contributed by atoms with Crippen molar-refractivity contribution >= 4 is 23.4 Å². The van der Waals surface area contributed by atoms with E-state index in [1.54, 1.807) is 56.9 Å². The van der Waals surface area contributed by atoms with E-state index in [-0.39, 0.29) is 18.3 Å². The number of carbonyl (C=O) groups excluding carboxylic acids is 1. The molecule has 0 fully saturated rings. The molecule has 0 amide bonds. The molecule has 1 aliphatic heterocycles. The number of carbonyl (C=O) groups is 1. The lowest BCUT2D eigenvalue weighted by atomic mass is 9.96. The van der Waals surface area contributed by atoms with Crippen LogP contribution in [0.1, 0.15) is 44.9 Å². The van der Waals surface area contributed by atoms with E-state index < -0.39 is 12.0 Å². The fourth-order valence-corrected chi connectivity index (χ4v) is 5.24. The van der Waals surface area contributed by atoms with Crippen LogP contribution in [0.5, 0.6) is 17.2 Å². The maximum absolute atomic E-state index is 13.8. The number of esters is 1. The summed E-state index contributed by atoms with van der Waals surface area (Å²) in [5, 5.41) is 0. The number of allylic oxidation sites excluding steroid dienone is 1. The third-order valence-corrected chi connectivity index (χ3v) is 6.79. The Kier molecular flexibility index (Phi) is 7.83. The number of nitrogens with zero attached hydrogens (tertiary/aromatic N) is 2. The highest BCUT2D eigenvalue weighted by molar-refractivity contribution is 7.07. The van der Waals surface area contributed by atoms with Gasteiger partial charge in [-0.1, -0.05) is 23.5 Å². The van der Waals surface area contributed by atoms with Gasteiger partial charge in [0.25, 0.3) is 5.56 Å². The zero-order chi connectivity index (χ0) is 26.7. The van der Waals surface area contributed by atoms with E-state index in [0.29, 0.717) is 43.4 Å². The predicted octanol–water partition coefficient (Wildman–Crippen LogP) is 3.60. The molecule has 1 unspecified atom stereocenters. The van der Waals surface area contributed by atoms with E-state index in [4.69, 9.17) is 18.9 Å². The Morgan fingerprint density at radius 1 is 1.11 bits per heavy atom. The minimum absolute atomic E-state index is 0.0226. The van der Waals surface area contributed by atoms with Crippen LogP contribution in [0.2, 0.25) is 0 Å². The van der Waals surface area contributed by atoms with Crippen molar-refractivity contribution in [3.05, 3.63) is 84.5 Å². The molecule has 0 saturated heterocycles. The zero-order valence-corrected chi connectivity index (χ0v) is 22.5. The number of methoxy groups -OCH3 is 2. The Morgan fingerprint density at radius 2 is 1.81 bits per heavy atom. The molecule has 1 aromatic heterocycles. The largest absolute Gasteiger partial charge is 0.497 e. The normalized spacial score (nSPS) is 15.3. The average molecular weight is 523 g/mol. The van der Waals surface area contributed by atoms with Crippen LogP contribution in [0.15, 0.2) is 63.5 Å². The second-order valence-electron chi connectivity index (χ2n) is 8.65. The van der Waals surface area contributed by atoms with Gasteiger partial charge in [-0.25, -0.2) is 9.79 Å². The molecule has 0 N–H and O–H groups in total. The summed E-state index contributed by atoms with van der Waals surface area (Å²) in [5.41, 5.74) is 2.02. The predicted molar refractivity (Wildman–Crippen MR) is 142 cm³/mol. The number of hydrogen-bond donors (Lipinski definition) is 0. The standard InChI is InChI=1S/C28H30N2O6S/c1-7-35-27(32)24-17(4)29-28-30(25(24)18-8-10-20(11-9-18)36-16(2)3)26(31)23(37-28)15-19-14-21(33-5)12-13-22(19)34-6/h8-16,25H,7H2,1-6H3/b23-15-. The first kappa shape index (κ1) is 26.2. The highest BCUT2D eigenvalue weighted by Crippen LogP contribution is 2.32. The van der Waals surface area contributed by atoms with Gasteiger partial charge >= 0.3 is 5.97 Å². The molecule has 2 heterocycles. The third-order valence-electron chi connectivity index (χ3n) is 5.81. The van der Waals surface area contributed by atoms with E-state index in [9.17, 15) is 9.59 Å². The molecular formula is C28H30N2O6S. The molecule has 0 spiro atoms. The van der Waals surface area contributed by atoms with Gasteiger partial charge < -0.3 is 18.9 Å². The molecule has 4 rings (SSSR count). The van der Waals surface area contributed by atoms with E-state index in [1.165, 1.54) is 11.3 Å². The van der Waals surface area contributed by atoms with Crippen LogP contribution in [-0.4, -0.2) is 37.5 Å². The number of ether oxygens (including phenoxy) is 4. The Morgan fingerprint density at radius 3 is 2.43 bits per heavy atom. The molecule has 0 bridgehead atoms. The second kappa shape index (κ2) is 11.0. The smallest absolute Gasteiger partial charge is 0.338 e. The van der Waals surface area contributed by atoms with Crippen molar-refractivity contribution in [1.29, 1.82) is 0 Å². The molecule has 194 valence electrons.